The molecule has 1 saturated heterocycles. The molecule has 0 aromatic heterocycles. The fraction of sp³-hybridized carbons (Fsp3) is 0.647. The summed E-state index contributed by atoms with van der Waals surface area (Å²) in [4.78, 5) is 0. The molecule has 0 aliphatic carbocycles. The zero-order valence-electron chi connectivity index (χ0n) is 13.0. The Morgan fingerprint density at radius 1 is 0.947 bits per heavy atom. The molecule has 0 bridgehead atoms. The molecule has 2 rings (SSSR count). The molecule has 1 atom stereocenters. The highest BCUT2D eigenvalue weighted by Crippen LogP contribution is 2.53. The van der Waals surface area contributed by atoms with Crippen molar-refractivity contribution >= 4 is 0 Å². The molecule has 1 heterocycles. The van der Waals surface area contributed by atoms with Gasteiger partial charge in [0.15, 0.2) is 0 Å². The van der Waals surface area contributed by atoms with Crippen LogP contribution in [0, 0.1) is 10.8 Å². The van der Waals surface area contributed by atoms with Crippen LogP contribution >= 0.6 is 0 Å². The number of para-hydroxylation sites is 1. The molecule has 1 unspecified atom stereocenters. The van der Waals surface area contributed by atoms with Crippen LogP contribution in [0.5, 0.6) is 5.75 Å². The van der Waals surface area contributed by atoms with Crippen molar-refractivity contribution in [2.45, 2.75) is 53.2 Å². The van der Waals surface area contributed by atoms with Gasteiger partial charge in [-0.15, -0.1) is 0 Å². The van der Waals surface area contributed by atoms with Crippen molar-refractivity contribution in [1.82, 2.24) is 0 Å². The summed E-state index contributed by atoms with van der Waals surface area (Å²) in [5.74, 6) is 0.919. The summed E-state index contributed by atoms with van der Waals surface area (Å²) in [5.41, 5.74) is -0.355. The maximum absolute atomic E-state index is 6.53. The first-order valence-corrected chi connectivity index (χ1v) is 7.04. The van der Waals surface area contributed by atoms with Crippen molar-refractivity contribution in [3.05, 3.63) is 30.3 Å². The Bertz CT molecular complexity index is 405. The average Bonchev–Trinajstić information content (AvgIpc) is 3.07. The van der Waals surface area contributed by atoms with E-state index in [1.807, 2.05) is 30.3 Å². The zero-order valence-corrected chi connectivity index (χ0v) is 13.0. The monoisotopic (exact) mass is 262 g/mol. The second-order valence-corrected chi connectivity index (χ2v) is 7.47. The predicted molar refractivity (Wildman–Crippen MR) is 78.5 cm³/mol. The van der Waals surface area contributed by atoms with Crippen LogP contribution in [0.4, 0.5) is 0 Å². The van der Waals surface area contributed by atoms with E-state index in [4.69, 9.17) is 9.47 Å². The number of rotatable bonds is 3. The highest BCUT2D eigenvalue weighted by Gasteiger charge is 2.62. The summed E-state index contributed by atoms with van der Waals surface area (Å²) in [6.45, 7) is 14.2. The molecular weight excluding hydrogens is 236 g/mol. The fourth-order valence-electron chi connectivity index (χ4n) is 3.42. The lowest BCUT2D eigenvalue weighted by atomic mass is 9.60. The Balaban J connectivity index is 2.44. The van der Waals surface area contributed by atoms with Crippen LogP contribution < -0.4 is 4.74 Å². The Hall–Kier alpha value is -1.02. The van der Waals surface area contributed by atoms with Gasteiger partial charge in [0, 0.05) is 10.8 Å². The van der Waals surface area contributed by atoms with Gasteiger partial charge in [0.2, 0.25) is 0 Å². The molecule has 0 amide bonds. The van der Waals surface area contributed by atoms with Crippen molar-refractivity contribution in [2.24, 2.45) is 10.8 Å². The van der Waals surface area contributed by atoms with Crippen LogP contribution in [0.1, 0.15) is 41.5 Å². The van der Waals surface area contributed by atoms with E-state index in [0.717, 1.165) is 12.4 Å². The SMILES string of the molecule is CC(C)(C)C(Oc1ccccc1)(C1CO1)C(C)(C)C. The Labute approximate surface area is 117 Å². The van der Waals surface area contributed by atoms with Crippen LogP contribution in [0.3, 0.4) is 0 Å². The second-order valence-electron chi connectivity index (χ2n) is 7.47. The highest BCUT2D eigenvalue weighted by atomic mass is 16.6. The van der Waals surface area contributed by atoms with Gasteiger partial charge in [-0.1, -0.05) is 59.7 Å². The van der Waals surface area contributed by atoms with Crippen molar-refractivity contribution in [2.75, 3.05) is 6.61 Å². The largest absolute Gasteiger partial charge is 0.483 e. The lowest BCUT2D eigenvalue weighted by Crippen LogP contribution is -2.61. The lowest BCUT2D eigenvalue weighted by molar-refractivity contribution is -0.130. The molecule has 19 heavy (non-hydrogen) atoms. The van der Waals surface area contributed by atoms with E-state index >= 15 is 0 Å². The van der Waals surface area contributed by atoms with Gasteiger partial charge < -0.3 is 9.47 Å². The predicted octanol–water partition coefficient (Wildman–Crippen LogP) is 4.30. The van der Waals surface area contributed by atoms with E-state index < -0.39 is 0 Å². The Morgan fingerprint density at radius 3 is 1.79 bits per heavy atom. The van der Waals surface area contributed by atoms with Crippen molar-refractivity contribution < 1.29 is 9.47 Å². The van der Waals surface area contributed by atoms with Gasteiger partial charge in [0.1, 0.15) is 17.5 Å². The molecule has 1 aromatic carbocycles. The number of benzene rings is 1. The maximum Gasteiger partial charge on any atom is 0.147 e. The molecule has 2 nitrogen and oxygen atoms in total. The first kappa shape index (κ1) is 14.4. The van der Waals surface area contributed by atoms with Crippen LogP contribution in [0.15, 0.2) is 30.3 Å². The molecule has 0 saturated carbocycles. The van der Waals surface area contributed by atoms with Crippen LogP contribution in [-0.2, 0) is 4.74 Å². The quantitative estimate of drug-likeness (QED) is 0.758. The first-order chi connectivity index (χ1) is 8.68. The number of epoxide rings is 1. The third-order valence-electron chi connectivity index (χ3n) is 4.04. The first-order valence-electron chi connectivity index (χ1n) is 7.04. The normalized spacial score (nSPS) is 20.2. The molecule has 1 aromatic rings. The number of hydrogen-bond acceptors (Lipinski definition) is 2. The molecule has 0 N–H and O–H groups in total. The minimum Gasteiger partial charge on any atom is -0.483 e. The van der Waals surface area contributed by atoms with Crippen LogP contribution in [-0.4, -0.2) is 18.3 Å². The zero-order chi connectivity index (χ0) is 14.3. The van der Waals surface area contributed by atoms with E-state index in [1.165, 1.54) is 0 Å². The van der Waals surface area contributed by atoms with E-state index in [0.29, 0.717) is 0 Å². The van der Waals surface area contributed by atoms with E-state index in [-0.39, 0.29) is 22.5 Å². The minimum atomic E-state index is -0.332. The van der Waals surface area contributed by atoms with Crippen molar-refractivity contribution in [3.63, 3.8) is 0 Å². The highest BCUT2D eigenvalue weighted by molar-refractivity contribution is 5.25. The summed E-state index contributed by atoms with van der Waals surface area (Å²) in [7, 11) is 0. The molecule has 2 heteroatoms. The standard InChI is InChI=1S/C17H26O2/c1-15(2,3)17(14-12-18-14,16(4,5)6)19-13-10-8-7-9-11-13/h7-11,14H,12H2,1-6H3. The van der Waals surface area contributed by atoms with E-state index in [9.17, 15) is 0 Å². The van der Waals surface area contributed by atoms with Gasteiger partial charge in [-0.2, -0.15) is 0 Å². The molecule has 1 aliphatic rings. The minimum absolute atomic E-state index is 0.0116. The van der Waals surface area contributed by atoms with Gasteiger partial charge in [0.25, 0.3) is 0 Å². The summed E-state index contributed by atoms with van der Waals surface area (Å²) < 4.78 is 12.2. The van der Waals surface area contributed by atoms with Crippen molar-refractivity contribution in [1.29, 1.82) is 0 Å². The Kier molecular flexibility index (Phi) is 3.42. The van der Waals surface area contributed by atoms with Crippen molar-refractivity contribution in [3.8, 4) is 5.75 Å². The van der Waals surface area contributed by atoms with Gasteiger partial charge in [-0.25, -0.2) is 0 Å². The molecule has 106 valence electrons. The lowest BCUT2D eigenvalue weighted by Gasteiger charge is -2.52. The van der Waals surface area contributed by atoms with Crippen LogP contribution in [0.25, 0.3) is 0 Å². The molecular formula is C17H26O2. The summed E-state index contributed by atoms with van der Waals surface area (Å²) in [6, 6.07) is 10.1. The smallest absolute Gasteiger partial charge is 0.147 e. The molecule has 0 radical (unpaired) electrons. The maximum atomic E-state index is 6.53. The number of hydrogen-bond donors (Lipinski definition) is 0. The van der Waals surface area contributed by atoms with Gasteiger partial charge in [-0.3, -0.25) is 0 Å². The number of ether oxygens (including phenoxy) is 2. The van der Waals surface area contributed by atoms with Gasteiger partial charge in [-0.05, 0) is 12.1 Å². The topological polar surface area (TPSA) is 21.8 Å². The Morgan fingerprint density at radius 2 is 1.42 bits per heavy atom. The fourth-order valence-corrected chi connectivity index (χ4v) is 3.42. The summed E-state index contributed by atoms with van der Waals surface area (Å²) in [6.07, 6.45) is 0.174. The van der Waals surface area contributed by atoms with Crippen LogP contribution in [0.2, 0.25) is 0 Å². The summed E-state index contributed by atoms with van der Waals surface area (Å²) >= 11 is 0. The molecule has 1 fully saturated rings. The summed E-state index contributed by atoms with van der Waals surface area (Å²) in [5, 5.41) is 0. The third kappa shape index (κ3) is 2.51. The van der Waals surface area contributed by atoms with Gasteiger partial charge >= 0.3 is 0 Å². The second kappa shape index (κ2) is 4.52. The molecule has 1 aliphatic heterocycles. The van der Waals surface area contributed by atoms with E-state index in [1.54, 1.807) is 0 Å². The molecule has 0 spiro atoms. The van der Waals surface area contributed by atoms with Gasteiger partial charge in [0.05, 0.1) is 6.61 Å². The average molecular weight is 262 g/mol. The van der Waals surface area contributed by atoms with E-state index in [2.05, 4.69) is 41.5 Å². The third-order valence-corrected chi connectivity index (χ3v) is 4.04.